The van der Waals surface area contributed by atoms with Crippen molar-refractivity contribution in [3.05, 3.63) is 47.1 Å². The van der Waals surface area contributed by atoms with Gasteiger partial charge in [0.1, 0.15) is 0 Å². The number of aromatic nitrogens is 4. The Balaban J connectivity index is 1.73. The minimum Gasteiger partial charge on any atom is -0.421 e. The second-order valence-corrected chi connectivity index (χ2v) is 5.47. The van der Waals surface area contributed by atoms with Crippen LogP contribution in [0.1, 0.15) is 22.8 Å². The SMILES string of the molecule is Cc1cc(C)n(CCc2nnc(-c3ccc(C)c(N)c3)o2)n1. The van der Waals surface area contributed by atoms with Crippen LogP contribution in [0.3, 0.4) is 0 Å². The highest BCUT2D eigenvalue weighted by Gasteiger charge is 2.10. The summed E-state index contributed by atoms with van der Waals surface area (Å²) in [4.78, 5) is 0. The fraction of sp³-hybridized carbons (Fsp3) is 0.312. The van der Waals surface area contributed by atoms with Gasteiger partial charge in [-0.2, -0.15) is 5.10 Å². The first kappa shape index (κ1) is 14.3. The van der Waals surface area contributed by atoms with Crippen LogP contribution in [0.25, 0.3) is 11.5 Å². The molecule has 0 aliphatic carbocycles. The number of aryl methyl sites for hydroxylation is 5. The van der Waals surface area contributed by atoms with E-state index in [2.05, 4.69) is 15.3 Å². The summed E-state index contributed by atoms with van der Waals surface area (Å²) >= 11 is 0. The lowest BCUT2D eigenvalue weighted by Crippen LogP contribution is -2.05. The number of rotatable bonds is 4. The monoisotopic (exact) mass is 297 g/mol. The molecule has 3 rings (SSSR count). The maximum Gasteiger partial charge on any atom is 0.247 e. The van der Waals surface area contributed by atoms with E-state index in [9.17, 15) is 0 Å². The molecule has 0 amide bonds. The maximum atomic E-state index is 5.92. The van der Waals surface area contributed by atoms with E-state index in [4.69, 9.17) is 10.2 Å². The molecule has 2 aromatic heterocycles. The van der Waals surface area contributed by atoms with E-state index >= 15 is 0 Å². The minimum absolute atomic E-state index is 0.495. The van der Waals surface area contributed by atoms with E-state index in [-0.39, 0.29) is 0 Å². The first-order valence-corrected chi connectivity index (χ1v) is 7.23. The Morgan fingerprint density at radius 1 is 1.14 bits per heavy atom. The molecule has 0 radical (unpaired) electrons. The Morgan fingerprint density at radius 3 is 2.64 bits per heavy atom. The second kappa shape index (κ2) is 5.63. The lowest BCUT2D eigenvalue weighted by atomic mass is 10.1. The van der Waals surface area contributed by atoms with Gasteiger partial charge < -0.3 is 10.2 Å². The highest BCUT2D eigenvalue weighted by atomic mass is 16.4. The van der Waals surface area contributed by atoms with Gasteiger partial charge >= 0.3 is 0 Å². The largest absolute Gasteiger partial charge is 0.421 e. The van der Waals surface area contributed by atoms with Crippen LogP contribution >= 0.6 is 0 Å². The third kappa shape index (κ3) is 2.86. The van der Waals surface area contributed by atoms with Gasteiger partial charge in [-0.05, 0) is 44.5 Å². The highest BCUT2D eigenvalue weighted by molar-refractivity contribution is 5.62. The Morgan fingerprint density at radius 2 is 1.95 bits per heavy atom. The van der Waals surface area contributed by atoms with Gasteiger partial charge in [-0.1, -0.05) is 6.07 Å². The summed E-state index contributed by atoms with van der Waals surface area (Å²) in [5, 5.41) is 12.6. The van der Waals surface area contributed by atoms with Crippen LogP contribution in [-0.4, -0.2) is 20.0 Å². The molecule has 0 unspecified atom stereocenters. The van der Waals surface area contributed by atoms with Crippen LogP contribution in [0.15, 0.2) is 28.7 Å². The summed E-state index contributed by atoms with van der Waals surface area (Å²) in [6, 6.07) is 7.79. The lowest BCUT2D eigenvalue weighted by Gasteiger charge is -2.02. The van der Waals surface area contributed by atoms with Crippen molar-refractivity contribution in [1.82, 2.24) is 20.0 Å². The zero-order valence-electron chi connectivity index (χ0n) is 13.0. The van der Waals surface area contributed by atoms with Crippen LogP contribution in [0, 0.1) is 20.8 Å². The van der Waals surface area contributed by atoms with Crippen molar-refractivity contribution < 1.29 is 4.42 Å². The molecular weight excluding hydrogens is 278 g/mol. The average molecular weight is 297 g/mol. The molecular formula is C16H19N5O. The van der Waals surface area contributed by atoms with Gasteiger partial charge in [-0.3, -0.25) is 4.68 Å². The molecule has 0 saturated heterocycles. The van der Waals surface area contributed by atoms with Gasteiger partial charge in [0.15, 0.2) is 0 Å². The first-order chi connectivity index (χ1) is 10.5. The van der Waals surface area contributed by atoms with Gasteiger partial charge in [0.2, 0.25) is 11.8 Å². The smallest absolute Gasteiger partial charge is 0.247 e. The van der Waals surface area contributed by atoms with Crippen molar-refractivity contribution in [3.63, 3.8) is 0 Å². The first-order valence-electron chi connectivity index (χ1n) is 7.23. The number of nitrogens with zero attached hydrogens (tertiary/aromatic N) is 4. The topological polar surface area (TPSA) is 82.8 Å². The van der Waals surface area contributed by atoms with E-state index in [0.717, 1.165) is 34.7 Å². The molecule has 0 spiro atoms. The number of nitrogens with two attached hydrogens (primary N) is 1. The molecule has 0 fully saturated rings. The number of hydrogen-bond donors (Lipinski definition) is 1. The molecule has 2 heterocycles. The third-order valence-corrected chi connectivity index (χ3v) is 3.63. The maximum absolute atomic E-state index is 5.92. The summed E-state index contributed by atoms with van der Waals surface area (Å²) < 4.78 is 7.66. The quantitative estimate of drug-likeness (QED) is 0.749. The Labute approximate surface area is 129 Å². The van der Waals surface area contributed by atoms with Gasteiger partial charge in [0.05, 0.1) is 5.69 Å². The van der Waals surface area contributed by atoms with E-state index in [1.807, 2.05) is 49.7 Å². The van der Waals surface area contributed by atoms with Crippen LogP contribution < -0.4 is 5.73 Å². The summed E-state index contributed by atoms with van der Waals surface area (Å²) in [5.74, 6) is 1.09. The average Bonchev–Trinajstić information content (AvgIpc) is 3.06. The Bertz CT molecular complexity index is 803. The molecule has 6 nitrogen and oxygen atoms in total. The van der Waals surface area contributed by atoms with Gasteiger partial charge in [-0.15, -0.1) is 10.2 Å². The van der Waals surface area contributed by atoms with Crippen LogP contribution in [0.2, 0.25) is 0 Å². The lowest BCUT2D eigenvalue weighted by molar-refractivity contribution is 0.471. The summed E-state index contributed by atoms with van der Waals surface area (Å²) in [6.07, 6.45) is 0.649. The molecule has 0 bridgehead atoms. The number of nitrogen functional groups attached to an aromatic ring is 1. The highest BCUT2D eigenvalue weighted by Crippen LogP contribution is 2.22. The zero-order chi connectivity index (χ0) is 15.7. The molecule has 0 atom stereocenters. The van der Waals surface area contributed by atoms with E-state index in [1.165, 1.54) is 0 Å². The predicted octanol–water partition coefficient (Wildman–Crippen LogP) is 2.68. The molecule has 3 aromatic rings. The third-order valence-electron chi connectivity index (χ3n) is 3.63. The van der Waals surface area contributed by atoms with Crippen molar-refractivity contribution in [1.29, 1.82) is 0 Å². The fourth-order valence-electron chi connectivity index (χ4n) is 2.35. The van der Waals surface area contributed by atoms with E-state index in [0.29, 0.717) is 18.2 Å². The summed E-state index contributed by atoms with van der Waals surface area (Å²) in [6.45, 7) is 6.70. The van der Waals surface area contributed by atoms with Crippen molar-refractivity contribution in [2.24, 2.45) is 0 Å². The molecule has 22 heavy (non-hydrogen) atoms. The van der Waals surface area contributed by atoms with Crippen molar-refractivity contribution in [2.45, 2.75) is 33.7 Å². The number of hydrogen-bond acceptors (Lipinski definition) is 5. The zero-order valence-corrected chi connectivity index (χ0v) is 13.0. The van der Waals surface area contributed by atoms with Crippen molar-refractivity contribution in [3.8, 4) is 11.5 Å². The second-order valence-electron chi connectivity index (χ2n) is 5.47. The molecule has 0 aliphatic rings. The minimum atomic E-state index is 0.495. The predicted molar refractivity (Wildman–Crippen MR) is 84.3 cm³/mol. The number of anilines is 1. The van der Waals surface area contributed by atoms with E-state index in [1.54, 1.807) is 0 Å². The normalized spacial score (nSPS) is 11.0. The molecule has 0 saturated carbocycles. The van der Waals surface area contributed by atoms with Crippen molar-refractivity contribution in [2.75, 3.05) is 5.73 Å². The van der Waals surface area contributed by atoms with Crippen LogP contribution in [0.4, 0.5) is 5.69 Å². The fourth-order valence-corrected chi connectivity index (χ4v) is 2.35. The number of benzene rings is 1. The Hall–Kier alpha value is -2.63. The molecule has 2 N–H and O–H groups in total. The van der Waals surface area contributed by atoms with Gasteiger partial charge in [0.25, 0.3) is 0 Å². The molecule has 114 valence electrons. The van der Waals surface area contributed by atoms with Crippen LogP contribution in [-0.2, 0) is 13.0 Å². The molecule has 0 aliphatic heterocycles. The molecule has 6 heteroatoms. The van der Waals surface area contributed by atoms with Crippen molar-refractivity contribution >= 4 is 5.69 Å². The van der Waals surface area contributed by atoms with E-state index < -0.39 is 0 Å². The van der Waals surface area contributed by atoms with Gasteiger partial charge in [-0.25, -0.2) is 0 Å². The summed E-state index contributed by atoms with van der Waals surface area (Å²) in [5.41, 5.74) is 10.7. The molecule has 1 aromatic carbocycles. The van der Waals surface area contributed by atoms with Gasteiger partial charge in [0, 0.05) is 29.9 Å². The van der Waals surface area contributed by atoms with Crippen LogP contribution in [0.5, 0.6) is 0 Å². The standard InChI is InChI=1S/C16H19N5O/c1-10-4-5-13(9-14(10)17)16-19-18-15(22-16)6-7-21-12(3)8-11(2)20-21/h4-5,8-9H,6-7,17H2,1-3H3. The Kier molecular flexibility index (Phi) is 3.66. The summed E-state index contributed by atoms with van der Waals surface area (Å²) in [7, 11) is 0.